The van der Waals surface area contributed by atoms with Gasteiger partial charge >= 0.3 is 0 Å². The van der Waals surface area contributed by atoms with Crippen molar-refractivity contribution in [2.24, 2.45) is 0 Å². The zero-order valence-electron chi connectivity index (χ0n) is 11.3. The molecule has 0 bridgehead atoms. The number of furan rings is 1. The highest BCUT2D eigenvalue weighted by Crippen LogP contribution is 2.23. The topological polar surface area (TPSA) is 62.5 Å². The molecule has 0 atom stereocenters. The van der Waals surface area contributed by atoms with Crippen LogP contribution in [-0.2, 0) is 0 Å². The molecular formula is C15H16FNO3. The molecule has 5 heteroatoms. The zero-order valence-corrected chi connectivity index (χ0v) is 11.3. The first-order valence-corrected chi connectivity index (χ1v) is 6.20. The minimum absolute atomic E-state index is 0.116. The van der Waals surface area contributed by atoms with Crippen molar-refractivity contribution in [2.75, 3.05) is 6.61 Å². The Bertz CT molecular complexity index is 619. The SMILES string of the molecule is CC(C)(CO)NC(=O)c1ccc(-c2cccc(F)c2)o1. The third-order valence-electron chi connectivity index (χ3n) is 2.79. The Morgan fingerprint density at radius 3 is 2.75 bits per heavy atom. The highest BCUT2D eigenvalue weighted by atomic mass is 19.1. The molecule has 0 unspecified atom stereocenters. The third-order valence-corrected chi connectivity index (χ3v) is 2.79. The summed E-state index contributed by atoms with van der Waals surface area (Å²) in [6.45, 7) is 3.21. The van der Waals surface area contributed by atoms with Gasteiger partial charge in [0, 0.05) is 5.56 Å². The van der Waals surface area contributed by atoms with Crippen LogP contribution >= 0.6 is 0 Å². The summed E-state index contributed by atoms with van der Waals surface area (Å²) in [5.41, 5.74) is -0.173. The van der Waals surface area contributed by atoms with Gasteiger partial charge in [0.25, 0.3) is 5.91 Å². The largest absolute Gasteiger partial charge is 0.451 e. The quantitative estimate of drug-likeness (QED) is 0.903. The van der Waals surface area contributed by atoms with Crippen LogP contribution in [0.3, 0.4) is 0 Å². The van der Waals surface area contributed by atoms with Gasteiger partial charge in [-0.15, -0.1) is 0 Å². The van der Waals surface area contributed by atoms with Gasteiger partial charge in [-0.1, -0.05) is 12.1 Å². The number of nitrogens with one attached hydrogen (secondary N) is 1. The smallest absolute Gasteiger partial charge is 0.287 e. The first-order chi connectivity index (χ1) is 9.41. The Kier molecular flexibility index (Phi) is 3.90. The number of carbonyl (C=O) groups is 1. The van der Waals surface area contributed by atoms with Crippen molar-refractivity contribution in [3.05, 3.63) is 48.0 Å². The molecule has 4 nitrogen and oxygen atoms in total. The predicted octanol–water partition coefficient (Wildman–Crippen LogP) is 2.59. The van der Waals surface area contributed by atoms with Gasteiger partial charge in [-0.3, -0.25) is 4.79 Å². The fourth-order valence-electron chi connectivity index (χ4n) is 1.67. The number of hydrogen-bond acceptors (Lipinski definition) is 3. The van der Waals surface area contributed by atoms with Gasteiger partial charge in [0.05, 0.1) is 12.1 Å². The molecule has 1 heterocycles. The molecule has 0 saturated heterocycles. The number of aliphatic hydroxyl groups is 1. The Morgan fingerprint density at radius 2 is 2.10 bits per heavy atom. The van der Waals surface area contributed by atoms with E-state index in [1.54, 1.807) is 32.0 Å². The third kappa shape index (κ3) is 3.24. The Labute approximate surface area is 116 Å². The summed E-state index contributed by atoms with van der Waals surface area (Å²) in [7, 11) is 0. The number of hydrogen-bond donors (Lipinski definition) is 2. The minimum Gasteiger partial charge on any atom is -0.451 e. The summed E-state index contributed by atoms with van der Waals surface area (Å²) in [5, 5.41) is 11.8. The van der Waals surface area contributed by atoms with Crippen molar-refractivity contribution in [3.63, 3.8) is 0 Å². The zero-order chi connectivity index (χ0) is 14.8. The second-order valence-corrected chi connectivity index (χ2v) is 5.17. The lowest BCUT2D eigenvalue weighted by atomic mass is 10.1. The molecule has 0 radical (unpaired) electrons. The Balaban J connectivity index is 2.19. The summed E-state index contributed by atoms with van der Waals surface area (Å²) in [4.78, 5) is 11.9. The lowest BCUT2D eigenvalue weighted by Crippen LogP contribution is -2.46. The van der Waals surface area contributed by atoms with Crippen LogP contribution in [0.25, 0.3) is 11.3 Å². The van der Waals surface area contributed by atoms with E-state index in [1.807, 2.05) is 0 Å². The molecule has 0 spiro atoms. The van der Waals surface area contributed by atoms with Gasteiger partial charge in [0.1, 0.15) is 11.6 Å². The summed E-state index contributed by atoms with van der Waals surface area (Å²) < 4.78 is 18.6. The van der Waals surface area contributed by atoms with E-state index in [4.69, 9.17) is 9.52 Å². The van der Waals surface area contributed by atoms with E-state index in [9.17, 15) is 9.18 Å². The van der Waals surface area contributed by atoms with Crippen LogP contribution in [0.15, 0.2) is 40.8 Å². The number of halogens is 1. The number of amides is 1. The second kappa shape index (κ2) is 5.46. The maximum atomic E-state index is 13.1. The summed E-state index contributed by atoms with van der Waals surface area (Å²) >= 11 is 0. The van der Waals surface area contributed by atoms with Crippen LogP contribution in [0.1, 0.15) is 24.4 Å². The number of carbonyl (C=O) groups excluding carboxylic acids is 1. The molecule has 1 amide bonds. The van der Waals surface area contributed by atoms with Gasteiger partial charge < -0.3 is 14.8 Å². The fourth-order valence-corrected chi connectivity index (χ4v) is 1.67. The normalized spacial score (nSPS) is 11.4. The van der Waals surface area contributed by atoms with Crippen molar-refractivity contribution < 1.29 is 18.7 Å². The van der Waals surface area contributed by atoms with E-state index >= 15 is 0 Å². The fraction of sp³-hybridized carbons (Fsp3) is 0.267. The molecule has 2 aromatic rings. The standard InChI is InChI=1S/C15H16FNO3/c1-15(2,9-18)17-14(19)13-7-6-12(20-13)10-4-3-5-11(16)8-10/h3-8,18H,9H2,1-2H3,(H,17,19). The van der Waals surface area contributed by atoms with Crippen LogP contribution in [0.4, 0.5) is 4.39 Å². The van der Waals surface area contributed by atoms with Crippen molar-refractivity contribution in [1.82, 2.24) is 5.32 Å². The molecule has 1 aromatic heterocycles. The first kappa shape index (κ1) is 14.3. The van der Waals surface area contributed by atoms with Crippen LogP contribution in [-0.4, -0.2) is 23.2 Å². The Morgan fingerprint density at radius 1 is 1.35 bits per heavy atom. The van der Waals surface area contributed by atoms with Crippen molar-refractivity contribution >= 4 is 5.91 Å². The van der Waals surface area contributed by atoms with E-state index in [1.165, 1.54) is 18.2 Å². The lowest BCUT2D eigenvalue weighted by molar-refractivity contribution is 0.0842. The minimum atomic E-state index is -0.733. The van der Waals surface area contributed by atoms with Gasteiger partial charge in [0.2, 0.25) is 0 Å². The highest BCUT2D eigenvalue weighted by Gasteiger charge is 2.22. The molecule has 20 heavy (non-hydrogen) atoms. The second-order valence-electron chi connectivity index (χ2n) is 5.17. The summed E-state index contributed by atoms with van der Waals surface area (Å²) in [5.74, 6) is -0.264. The number of benzene rings is 1. The average Bonchev–Trinajstić information content (AvgIpc) is 2.88. The van der Waals surface area contributed by atoms with Crippen LogP contribution < -0.4 is 5.32 Å². The van der Waals surface area contributed by atoms with Crippen molar-refractivity contribution in [3.8, 4) is 11.3 Å². The predicted molar refractivity (Wildman–Crippen MR) is 72.7 cm³/mol. The van der Waals surface area contributed by atoms with Crippen LogP contribution in [0.2, 0.25) is 0 Å². The van der Waals surface area contributed by atoms with Gasteiger partial charge in [0.15, 0.2) is 5.76 Å². The number of aliphatic hydroxyl groups excluding tert-OH is 1. The molecule has 0 saturated carbocycles. The van der Waals surface area contributed by atoms with Crippen LogP contribution in [0, 0.1) is 5.82 Å². The summed E-state index contributed by atoms with van der Waals surface area (Å²) in [6, 6.07) is 9.06. The first-order valence-electron chi connectivity index (χ1n) is 6.20. The maximum Gasteiger partial charge on any atom is 0.287 e. The molecule has 2 N–H and O–H groups in total. The maximum absolute atomic E-state index is 13.1. The molecule has 0 aliphatic rings. The van der Waals surface area contributed by atoms with Crippen molar-refractivity contribution in [2.45, 2.75) is 19.4 Å². The van der Waals surface area contributed by atoms with E-state index in [-0.39, 0.29) is 18.2 Å². The van der Waals surface area contributed by atoms with E-state index in [2.05, 4.69) is 5.32 Å². The molecule has 0 aliphatic carbocycles. The summed E-state index contributed by atoms with van der Waals surface area (Å²) in [6.07, 6.45) is 0. The van der Waals surface area contributed by atoms with Gasteiger partial charge in [-0.25, -0.2) is 4.39 Å². The molecule has 0 aliphatic heterocycles. The lowest BCUT2D eigenvalue weighted by Gasteiger charge is -2.22. The average molecular weight is 277 g/mol. The molecule has 0 fully saturated rings. The molecular weight excluding hydrogens is 261 g/mol. The van der Waals surface area contributed by atoms with Gasteiger partial charge in [-0.2, -0.15) is 0 Å². The highest BCUT2D eigenvalue weighted by molar-refractivity contribution is 5.92. The van der Waals surface area contributed by atoms with E-state index < -0.39 is 11.4 Å². The van der Waals surface area contributed by atoms with E-state index in [0.29, 0.717) is 11.3 Å². The Hall–Kier alpha value is -2.14. The van der Waals surface area contributed by atoms with Crippen LogP contribution in [0.5, 0.6) is 0 Å². The van der Waals surface area contributed by atoms with Gasteiger partial charge in [-0.05, 0) is 38.1 Å². The number of rotatable bonds is 4. The van der Waals surface area contributed by atoms with E-state index in [0.717, 1.165) is 0 Å². The molecule has 2 rings (SSSR count). The van der Waals surface area contributed by atoms with Crippen molar-refractivity contribution in [1.29, 1.82) is 0 Å². The molecule has 1 aromatic carbocycles. The molecule has 106 valence electrons. The monoisotopic (exact) mass is 277 g/mol.